The molecule has 1 aromatic carbocycles. The normalized spacial score (nSPS) is 25.1. The van der Waals surface area contributed by atoms with Crippen LogP contribution in [0.2, 0.25) is 5.02 Å². The van der Waals surface area contributed by atoms with Crippen LogP contribution in [-0.4, -0.2) is 44.1 Å². The number of carbonyl (C=O) groups is 1. The Balaban J connectivity index is 1.32. The van der Waals surface area contributed by atoms with Gasteiger partial charge >= 0.3 is 0 Å². The quantitative estimate of drug-likeness (QED) is 0.824. The van der Waals surface area contributed by atoms with Crippen LogP contribution in [0.15, 0.2) is 18.3 Å². The number of rotatable bonds is 3. The van der Waals surface area contributed by atoms with Crippen molar-refractivity contribution in [3.05, 3.63) is 51.3 Å². The SMILES string of the molecule is N#Cc1cc(Cl)cc2c1C[C@@H](Nc1ncc3c(n1)CN(C1CC(O)C1)C3=O)C2. The van der Waals surface area contributed by atoms with E-state index < -0.39 is 0 Å². The number of nitrogens with zero attached hydrogens (tertiary/aromatic N) is 4. The van der Waals surface area contributed by atoms with Crippen LogP contribution in [0, 0.1) is 11.3 Å². The van der Waals surface area contributed by atoms with Crippen molar-refractivity contribution in [2.24, 2.45) is 0 Å². The van der Waals surface area contributed by atoms with E-state index >= 15 is 0 Å². The number of carbonyl (C=O) groups excluding carboxylic acids is 1. The van der Waals surface area contributed by atoms with Crippen molar-refractivity contribution in [2.45, 2.75) is 50.4 Å². The van der Waals surface area contributed by atoms with Gasteiger partial charge in [0.15, 0.2) is 0 Å². The zero-order chi connectivity index (χ0) is 19.4. The predicted molar refractivity (Wildman–Crippen MR) is 102 cm³/mol. The summed E-state index contributed by atoms with van der Waals surface area (Å²) in [4.78, 5) is 23.2. The Kier molecular flexibility index (Phi) is 4.00. The number of aromatic nitrogens is 2. The van der Waals surface area contributed by atoms with Crippen molar-refractivity contribution >= 4 is 23.5 Å². The number of halogens is 1. The monoisotopic (exact) mass is 395 g/mol. The number of anilines is 1. The first kappa shape index (κ1) is 17.4. The summed E-state index contributed by atoms with van der Waals surface area (Å²) in [5.41, 5.74) is 3.98. The maximum Gasteiger partial charge on any atom is 0.257 e. The Hall–Kier alpha value is -2.69. The zero-order valence-electron chi connectivity index (χ0n) is 15.0. The van der Waals surface area contributed by atoms with Crippen LogP contribution >= 0.6 is 11.6 Å². The van der Waals surface area contributed by atoms with Crippen LogP contribution in [0.3, 0.4) is 0 Å². The number of hydrogen-bond acceptors (Lipinski definition) is 6. The van der Waals surface area contributed by atoms with E-state index in [0.29, 0.717) is 47.9 Å². The summed E-state index contributed by atoms with van der Waals surface area (Å²) in [6.45, 7) is 0.460. The van der Waals surface area contributed by atoms with Gasteiger partial charge in [-0.15, -0.1) is 0 Å². The van der Waals surface area contributed by atoms with E-state index in [0.717, 1.165) is 23.2 Å². The molecule has 2 aliphatic carbocycles. The molecule has 3 aliphatic rings. The Bertz CT molecular complexity index is 1030. The fourth-order valence-corrected chi connectivity index (χ4v) is 4.61. The summed E-state index contributed by atoms with van der Waals surface area (Å²) in [7, 11) is 0. The average Bonchev–Trinajstić information content (AvgIpc) is 3.18. The van der Waals surface area contributed by atoms with Gasteiger partial charge in [0.25, 0.3) is 5.91 Å². The highest BCUT2D eigenvalue weighted by Gasteiger charge is 2.40. The molecule has 1 aliphatic heterocycles. The molecule has 2 aromatic rings. The minimum Gasteiger partial charge on any atom is -0.393 e. The summed E-state index contributed by atoms with van der Waals surface area (Å²) in [5.74, 6) is 0.435. The fourth-order valence-electron chi connectivity index (χ4n) is 4.37. The smallest absolute Gasteiger partial charge is 0.257 e. The first-order valence-corrected chi connectivity index (χ1v) is 9.72. The first-order valence-electron chi connectivity index (χ1n) is 9.34. The molecule has 28 heavy (non-hydrogen) atoms. The molecule has 0 spiro atoms. The Morgan fingerprint density at radius 1 is 1.32 bits per heavy atom. The molecular formula is C20H18ClN5O2. The molecule has 2 N–H and O–H groups in total. The topological polar surface area (TPSA) is 102 Å². The van der Waals surface area contributed by atoms with E-state index in [2.05, 4.69) is 21.4 Å². The van der Waals surface area contributed by atoms with Gasteiger partial charge in [0.2, 0.25) is 5.95 Å². The lowest BCUT2D eigenvalue weighted by atomic mass is 9.88. The van der Waals surface area contributed by atoms with Crippen molar-refractivity contribution in [3.8, 4) is 6.07 Å². The lowest BCUT2D eigenvalue weighted by molar-refractivity contribution is 0.00560. The molecule has 0 bridgehead atoms. The summed E-state index contributed by atoms with van der Waals surface area (Å²) in [5, 5.41) is 22.8. The third-order valence-electron chi connectivity index (χ3n) is 5.89. The van der Waals surface area contributed by atoms with Gasteiger partial charge in [0.05, 0.1) is 35.5 Å². The highest BCUT2D eigenvalue weighted by molar-refractivity contribution is 6.30. The molecule has 1 aromatic heterocycles. The summed E-state index contributed by atoms with van der Waals surface area (Å²) in [6, 6.07) is 5.99. The van der Waals surface area contributed by atoms with Crippen molar-refractivity contribution in [1.82, 2.24) is 14.9 Å². The second-order valence-corrected chi connectivity index (χ2v) is 8.15. The minimum atomic E-state index is -0.305. The molecule has 8 heteroatoms. The number of amides is 1. The second-order valence-electron chi connectivity index (χ2n) is 7.72. The van der Waals surface area contributed by atoms with Gasteiger partial charge in [-0.3, -0.25) is 4.79 Å². The number of fused-ring (bicyclic) bond motifs is 2. The lowest BCUT2D eigenvalue weighted by Gasteiger charge is -2.38. The van der Waals surface area contributed by atoms with Crippen LogP contribution in [0.25, 0.3) is 0 Å². The van der Waals surface area contributed by atoms with Crippen LogP contribution in [0.1, 0.15) is 45.6 Å². The lowest BCUT2D eigenvalue weighted by Crippen LogP contribution is -2.47. The maximum absolute atomic E-state index is 12.5. The minimum absolute atomic E-state index is 0.0555. The van der Waals surface area contributed by atoms with Gasteiger partial charge in [0.1, 0.15) is 0 Å². The molecule has 0 saturated heterocycles. The van der Waals surface area contributed by atoms with E-state index in [4.69, 9.17) is 11.6 Å². The summed E-state index contributed by atoms with van der Waals surface area (Å²) in [6.07, 6.45) is 3.99. The first-order chi connectivity index (χ1) is 13.5. The van der Waals surface area contributed by atoms with Gasteiger partial charge in [0, 0.05) is 23.3 Å². The molecule has 1 saturated carbocycles. The van der Waals surface area contributed by atoms with Crippen molar-refractivity contribution in [2.75, 3.05) is 5.32 Å². The third kappa shape index (κ3) is 2.81. The van der Waals surface area contributed by atoms with E-state index in [-0.39, 0.29) is 24.1 Å². The predicted octanol–water partition coefficient (Wildman–Crippen LogP) is 2.06. The van der Waals surface area contributed by atoms with Gasteiger partial charge in [-0.05, 0) is 48.9 Å². The number of aliphatic hydroxyl groups is 1. The molecule has 2 heterocycles. The standard InChI is InChI=1S/C20H18ClN5O2/c21-12-1-10-3-13(4-16(10)11(2-12)7-22)24-20-23-8-17-18(25-20)9-26(19(17)28)14-5-15(27)6-14/h1-2,8,13-15,27H,3-6,9H2,(H,23,24,25)/t13-,14?,15?/m0/s1. The molecular weight excluding hydrogens is 378 g/mol. The van der Waals surface area contributed by atoms with Crippen LogP contribution < -0.4 is 5.32 Å². The number of aliphatic hydroxyl groups excluding tert-OH is 1. The van der Waals surface area contributed by atoms with E-state index in [1.165, 1.54) is 0 Å². The molecule has 0 radical (unpaired) electrons. The maximum atomic E-state index is 12.5. The van der Waals surface area contributed by atoms with Crippen molar-refractivity contribution in [1.29, 1.82) is 5.26 Å². The largest absolute Gasteiger partial charge is 0.393 e. The van der Waals surface area contributed by atoms with Crippen molar-refractivity contribution < 1.29 is 9.90 Å². The molecule has 1 fully saturated rings. The van der Waals surface area contributed by atoms with Crippen LogP contribution in [0.4, 0.5) is 5.95 Å². The molecule has 5 rings (SSSR count). The fraction of sp³-hybridized carbons (Fsp3) is 0.400. The third-order valence-corrected chi connectivity index (χ3v) is 6.10. The molecule has 1 amide bonds. The van der Waals surface area contributed by atoms with Crippen molar-refractivity contribution in [3.63, 3.8) is 0 Å². The number of nitriles is 1. The average molecular weight is 396 g/mol. The molecule has 0 unspecified atom stereocenters. The van der Waals surface area contributed by atoms with Gasteiger partial charge < -0.3 is 15.3 Å². The van der Waals surface area contributed by atoms with E-state index in [1.54, 1.807) is 17.2 Å². The Morgan fingerprint density at radius 2 is 2.14 bits per heavy atom. The summed E-state index contributed by atoms with van der Waals surface area (Å²) >= 11 is 6.11. The second kappa shape index (κ2) is 6.43. The van der Waals surface area contributed by atoms with Crippen LogP contribution in [-0.2, 0) is 19.4 Å². The number of hydrogen-bond donors (Lipinski definition) is 2. The van der Waals surface area contributed by atoms with Crippen LogP contribution in [0.5, 0.6) is 0 Å². The zero-order valence-corrected chi connectivity index (χ0v) is 15.8. The highest BCUT2D eigenvalue weighted by atomic mass is 35.5. The number of benzene rings is 1. The molecule has 7 nitrogen and oxygen atoms in total. The Morgan fingerprint density at radius 3 is 2.89 bits per heavy atom. The van der Waals surface area contributed by atoms with Gasteiger partial charge in [-0.25, -0.2) is 9.97 Å². The molecule has 1 atom stereocenters. The van der Waals surface area contributed by atoms with Gasteiger partial charge in [-0.1, -0.05) is 11.6 Å². The van der Waals surface area contributed by atoms with E-state index in [1.807, 2.05) is 6.07 Å². The highest BCUT2D eigenvalue weighted by Crippen LogP contribution is 2.33. The summed E-state index contributed by atoms with van der Waals surface area (Å²) < 4.78 is 0. The van der Waals surface area contributed by atoms with Gasteiger partial charge in [-0.2, -0.15) is 5.26 Å². The Labute approximate surface area is 167 Å². The number of nitrogens with one attached hydrogen (secondary N) is 1. The molecule has 142 valence electrons. The van der Waals surface area contributed by atoms with E-state index in [9.17, 15) is 15.2 Å².